The Morgan fingerprint density at radius 1 is 1.14 bits per heavy atom. The van der Waals surface area contributed by atoms with Gasteiger partial charge in [0.05, 0.1) is 31.2 Å². The minimum atomic E-state index is -1.98. The highest BCUT2D eigenvalue weighted by atomic mass is 32.2. The van der Waals surface area contributed by atoms with Gasteiger partial charge in [-0.25, -0.2) is 0 Å². The molecule has 0 N–H and O–H groups in total. The molecule has 1 atom stereocenters. The first-order valence-corrected chi connectivity index (χ1v) is 13.8. The maximum absolute atomic E-state index is 13.9. The lowest BCUT2D eigenvalue weighted by Crippen LogP contribution is -2.27. The molecular formula is C29H36N2O5S. The molecule has 8 heteroatoms. The molecule has 1 aromatic heterocycles. The van der Waals surface area contributed by atoms with E-state index in [0.717, 1.165) is 29.7 Å². The van der Waals surface area contributed by atoms with Gasteiger partial charge in [0, 0.05) is 18.5 Å². The number of hydrogen-bond donors (Lipinski definition) is 0. The van der Waals surface area contributed by atoms with E-state index < -0.39 is 11.4 Å². The molecule has 0 saturated carbocycles. The monoisotopic (exact) mass is 524 g/mol. The number of aromatic nitrogens is 2. The van der Waals surface area contributed by atoms with Gasteiger partial charge in [0.2, 0.25) is 0 Å². The molecule has 7 nitrogen and oxygen atoms in total. The molecule has 1 heterocycles. The maximum atomic E-state index is 13.9. The lowest BCUT2D eigenvalue weighted by molar-refractivity contribution is 0.103. The van der Waals surface area contributed by atoms with Gasteiger partial charge in [-0.05, 0) is 98.0 Å². The summed E-state index contributed by atoms with van der Waals surface area (Å²) in [5.41, 5.74) is 7.05. The number of aryl methyl sites for hydroxylation is 2. The molecule has 0 aliphatic heterocycles. The summed E-state index contributed by atoms with van der Waals surface area (Å²) in [5.74, 6) is 1.06. The van der Waals surface area contributed by atoms with E-state index in [-0.39, 0.29) is 17.8 Å². The first-order chi connectivity index (χ1) is 17.7. The summed E-state index contributed by atoms with van der Waals surface area (Å²) in [7, 11) is 1.58. The summed E-state index contributed by atoms with van der Waals surface area (Å²) in [4.78, 5) is 13.9. The van der Waals surface area contributed by atoms with Crippen LogP contribution in [0, 0.1) is 13.8 Å². The summed E-state index contributed by atoms with van der Waals surface area (Å²) in [6.45, 7) is 11.4. The average molecular weight is 525 g/mol. The van der Waals surface area contributed by atoms with Gasteiger partial charge in [-0.3, -0.25) is 13.7 Å². The van der Waals surface area contributed by atoms with Gasteiger partial charge >= 0.3 is 11.4 Å². The zero-order chi connectivity index (χ0) is 26.7. The number of carbonyl (C=O) groups excluding carboxylic acids is 1. The molecule has 0 amide bonds. The van der Waals surface area contributed by atoms with Crippen LogP contribution in [0.3, 0.4) is 0 Å². The van der Waals surface area contributed by atoms with Crippen LogP contribution in [0.4, 0.5) is 0 Å². The van der Waals surface area contributed by atoms with Crippen molar-refractivity contribution in [2.24, 2.45) is 0 Å². The fourth-order valence-electron chi connectivity index (χ4n) is 5.50. The van der Waals surface area contributed by atoms with Crippen LogP contribution in [0.1, 0.15) is 77.5 Å². The Bertz CT molecular complexity index is 1310. The van der Waals surface area contributed by atoms with Crippen molar-refractivity contribution in [2.45, 2.75) is 72.3 Å². The second-order valence-corrected chi connectivity index (χ2v) is 11.0. The lowest BCUT2D eigenvalue weighted by Gasteiger charge is -2.36. The van der Waals surface area contributed by atoms with Crippen LogP contribution >= 0.6 is 0 Å². The van der Waals surface area contributed by atoms with Gasteiger partial charge in [-0.15, -0.1) is 0 Å². The third kappa shape index (κ3) is 5.65. The Kier molecular flexibility index (Phi) is 8.19. The summed E-state index contributed by atoms with van der Waals surface area (Å²) >= 11 is -1.98. The maximum Gasteiger partial charge on any atom is 0.360 e. The summed E-state index contributed by atoms with van der Waals surface area (Å²) in [5, 5.41) is 4.45. The first kappa shape index (κ1) is 27.1. The van der Waals surface area contributed by atoms with Crippen LogP contribution in [0.2, 0.25) is 0 Å². The summed E-state index contributed by atoms with van der Waals surface area (Å²) < 4.78 is 30.0. The second kappa shape index (κ2) is 11.2. The van der Waals surface area contributed by atoms with Gasteiger partial charge in [0.25, 0.3) is 0 Å². The second-order valence-electron chi connectivity index (χ2n) is 10.1. The molecule has 1 aliphatic rings. The number of ketones is 1. The molecule has 1 aliphatic carbocycles. The van der Waals surface area contributed by atoms with Gasteiger partial charge in [0.1, 0.15) is 11.5 Å². The van der Waals surface area contributed by atoms with E-state index in [9.17, 15) is 9.00 Å². The zero-order valence-corrected chi connectivity index (χ0v) is 23.4. The number of hydrogen-bond acceptors (Lipinski definition) is 6. The van der Waals surface area contributed by atoms with Crippen molar-refractivity contribution in [1.82, 2.24) is 9.78 Å². The number of ether oxygens (including phenoxy) is 1. The Hall–Kier alpha value is -2.97. The number of nitrogens with zero attached hydrogens (tertiary/aromatic N) is 2. The predicted molar refractivity (Wildman–Crippen MR) is 145 cm³/mol. The minimum absolute atomic E-state index is 0.0323. The lowest BCUT2D eigenvalue weighted by atomic mass is 9.68. The van der Waals surface area contributed by atoms with Crippen molar-refractivity contribution in [3.63, 3.8) is 0 Å². The van der Waals surface area contributed by atoms with Gasteiger partial charge in [-0.1, -0.05) is 13.8 Å². The SMILES string of the molecule is CCn1ncc(C(=O)c2cc(C)c3c(c2C)C(C)(C)CCC3)c1CCOS(=O)Oc1ccc(OC)cc1. The van der Waals surface area contributed by atoms with Crippen molar-refractivity contribution in [2.75, 3.05) is 13.7 Å². The number of benzene rings is 2. The molecular weight excluding hydrogens is 488 g/mol. The molecule has 0 spiro atoms. The average Bonchev–Trinajstić information content (AvgIpc) is 3.28. The van der Waals surface area contributed by atoms with Crippen LogP contribution in [0.5, 0.6) is 11.5 Å². The Morgan fingerprint density at radius 3 is 2.51 bits per heavy atom. The number of carbonyl (C=O) groups is 1. The number of fused-ring (bicyclic) bond motifs is 1. The van der Waals surface area contributed by atoms with Gasteiger partial charge < -0.3 is 8.92 Å². The highest BCUT2D eigenvalue weighted by Crippen LogP contribution is 2.41. The standard InChI is InChI=1S/C29H36N2O5S/c1-7-31-26(14-16-35-37(33)36-22-12-10-21(34-6)11-13-22)25(18-30-31)28(32)24-17-19(2)23-9-8-15-29(4,5)27(23)20(24)3/h10-13,17-18H,7-9,14-16H2,1-6H3. The third-order valence-corrected chi connectivity index (χ3v) is 7.99. The van der Waals surface area contributed by atoms with Gasteiger partial charge in [0.15, 0.2) is 5.78 Å². The number of rotatable bonds is 10. The van der Waals surface area contributed by atoms with Crippen molar-refractivity contribution >= 4 is 17.1 Å². The third-order valence-electron chi connectivity index (χ3n) is 7.30. The van der Waals surface area contributed by atoms with E-state index in [4.69, 9.17) is 13.1 Å². The van der Waals surface area contributed by atoms with E-state index in [1.165, 1.54) is 23.1 Å². The van der Waals surface area contributed by atoms with E-state index in [2.05, 4.69) is 32.8 Å². The molecule has 2 aromatic carbocycles. The smallest absolute Gasteiger partial charge is 0.360 e. The van der Waals surface area contributed by atoms with Crippen LogP contribution in [0.25, 0.3) is 0 Å². The molecule has 3 aromatic rings. The fourth-order valence-corrected chi connectivity index (χ4v) is 6.03. The molecule has 0 fully saturated rings. The summed E-state index contributed by atoms with van der Waals surface area (Å²) in [6.07, 6.45) is 5.37. The van der Waals surface area contributed by atoms with Crippen molar-refractivity contribution in [3.05, 3.63) is 75.6 Å². The van der Waals surface area contributed by atoms with E-state index in [1.54, 1.807) is 42.3 Å². The Balaban J connectivity index is 1.52. The topological polar surface area (TPSA) is 79.7 Å². The highest BCUT2D eigenvalue weighted by Gasteiger charge is 2.32. The summed E-state index contributed by atoms with van der Waals surface area (Å²) in [6, 6.07) is 8.80. The zero-order valence-electron chi connectivity index (χ0n) is 22.6. The van der Waals surface area contributed by atoms with Crippen molar-refractivity contribution < 1.29 is 22.1 Å². The van der Waals surface area contributed by atoms with Crippen LogP contribution in [-0.4, -0.2) is 33.5 Å². The van der Waals surface area contributed by atoms with E-state index in [0.29, 0.717) is 30.0 Å². The highest BCUT2D eigenvalue weighted by molar-refractivity contribution is 7.75. The van der Waals surface area contributed by atoms with E-state index in [1.807, 2.05) is 13.0 Å². The largest absolute Gasteiger partial charge is 0.497 e. The first-order valence-electron chi connectivity index (χ1n) is 12.8. The quantitative estimate of drug-likeness (QED) is 0.322. The Labute approximate surface area is 222 Å². The molecule has 1 unspecified atom stereocenters. The molecule has 198 valence electrons. The number of methoxy groups -OCH3 is 1. The predicted octanol–water partition coefficient (Wildman–Crippen LogP) is 5.59. The molecule has 0 bridgehead atoms. The van der Waals surface area contributed by atoms with Crippen LogP contribution in [0.15, 0.2) is 36.5 Å². The molecule has 4 rings (SSSR count). The Morgan fingerprint density at radius 2 is 1.84 bits per heavy atom. The van der Waals surface area contributed by atoms with Crippen molar-refractivity contribution in [1.29, 1.82) is 0 Å². The van der Waals surface area contributed by atoms with E-state index >= 15 is 0 Å². The van der Waals surface area contributed by atoms with Gasteiger partial charge in [-0.2, -0.15) is 9.31 Å². The van der Waals surface area contributed by atoms with Crippen molar-refractivity contribution in [3.8, 4) is 11.5 Å². The van der Waals surface area contributed by atoms with Crippen LogP contribution < -0.4 is 8.92 Å². The molecule has 37 heavy (non-hydrogen) atoms. The molecule has 0 saturated heterocycles. The fraction of sp³-hybridized carbons (Fsp3) is 0.448. The van der Waals surface area contributed by atoms with Crippen LogP contribution in [-0.2, 0) is 40.3 Å². The molecule has 0 radical (unpaired) electrons. The minimum Gasteiger partial charge on any atom is -0.497 e. The normalized spacial score (nSPS) is 15.2.